The lowest BCUT2D eigenvalue weighted by Crippen LogP contribution is -2.39. The first-order valence-corrected chi connectivity index (χ1v) is 16.6. The normalized spacial score (nSPS) is 21.8. The number of hydrogen-bond donors (Lipinski definition) is 3. The Morgan fingerprint density at radius 1 is 1.07 bits per heavy atom. The summed E-state index contributed by atoms with van der Waals surface area (Å²) in [6, 6.07) is 3.54. The highest BCUT2D eigenvalue weighted by Crippen LogP contribution is 2.31. The van der Waals surface area contributed by atoms with Gasteiger partial charge in [0.1, 0.15) is 11.6 Å². The number of aromatic nitrogens is 5. The smallest absolute Gasteiger partial charge is 0.396 e. The Kier molecular flexibility index (Phi) is 8.88. The van der Waals surface area contributed by atoms with Crippen molar-refractivity contribution in [3.63, 3.8) is 0 Å². The van der Waals surface area contributed by atoms with Gasteiger partial charge in [0, 0.05) is 50.1 Å². The van der Waals surface area contributed by atoms with Crippen molar-refractivity contribution in [2.75, 3.05) is 30.3 Å². The number of likely N-dealkylation sites (tertiary alicyclic amines) is 1. The van der Waals surface area contributed by atoms with Crippen molar-refractivity contribution in [2.24, 2.45) is 11.8 Å². The number of anilines is 3. The van der Waals surface area contributed by atoms with E-state index < -0.39 is 33.3 Å². The number of carbonyl (C=O) groups is 1. The summed E-state index contributed by atoms with van der Waals surface area (Å²) in [5.74, 6) is 5.24. The molecule has 16 heteroatoms. The highest BCUT2D eigenvalue weighted by molar-refractivity contribution is 7.90. The number of carbonyl (C=O) groups excluding carboxylic acids is 1. The Balaban J connectivity index is 1.20. The molecule has 3 N–H and O–H groups in total. The second-order valence-corrected chi connectivity index (χ2v) is 14.0. The summed E-state index contributed by atoms with van der Waals surface area (Å²) in [5.41, 5.74) is 1.68. The van der Waals surface area contributed by atoms with Crippen LogP contribution in [0.2, 0.25) is 0 Å². The molecule has 3 aromatic heterocycles. The fourth-order valence-electron chi connectivity index (χ4n) is 5.65. The van der Waals surface area contributed by atoms with Gasteiger partial charge in [0.05, 0.1) is 34.5 Å². The Labute approximate surface area is 263 Å². The lowest BCUT2D eigenvalue weighted by molar-refractivity contribution is -0.184. The van der Waals surface area contributed by atoms with E-state index in [0.29, 0.717) is 47.7 Å². The van der Waals surface area contributed by atoms with E-state index in [0.717, 1.165) is 34.7 Å². The average molecular weight is 659 g/mol. The van der Waals surface area contributed by atoms with Gasteiger partial charge in [-0.2, -0.15) is 22.4 Å². The molecule has 3 fully saturated rings. The van der Waals surface area contributed by atoms with Crippen LogP contribution < -0.4 is 10.6 Å². The van der Waals surface area contributed by atoms with Crippen LogP contribution in [-0.2, 0) is 14.8 Å². The minimum atomic E-state index is -4.91. The van der Waals surface area contributed by atoms with Crippen LogP contribution in [-0.4, -0.2) is 85.6 Å². The molecule has 1 unspecified atom stereocenters. The van der Waals surface area contributed by atoms with Gasteiger partial charge in [-0.1, -0.05) is 11.8 Å². The number of nitrogens with zero attached hydrogens (tertiary/aromatic N) is 6. The number of hydrogen-bond acceptors (Lipinski definition) is 10. The van der Waals surface area contributed by atoms with Crippen molar-refractivity contribution in [3.05, 3.63) is 42.5 Å². The predicted molar refractivity (Wildman–Crippen MR) is 162 cm³/mol. The number of pyridine rings is 1. The molecule has 4 heterocycles. The molecule has 3 aliphatic rings. The highest BCUT2D eigenvalue weighted by atomic mass is 32.2. The Hall–Kier alpha value is -4.23. The summed E-state index contributed by atoms with van der Waals surface area (Å²) in [6.45, 7) is 0.0594. The monoisotopic (exact) mass is 658 g/mol. The molecular weight excluding hydrogens is 625 g/mol. The van der Waals surface area contributed by atoms with E-state index in [1.54, 1.807) is 18.3 Å². The zero-order valence-electron chi connectivity index (χ0n) is 24.7. The molecule has 0 spiro atoms. The maximum absolute atomic E-state index is 12.9. The number of amides is 1. The van der Waals surface area contributed by atoms with Crippen LogP contribution in [0.5, 0.6) is 0 Å². The Morgan fingerprint density at radius 3 is 2.57 bits per heavy atom. The van der Waals surface area contributed by atoms with Crippen molar-refractivity contribution >= 4 is 33.3 Å². The molecule has 1 aliphatic heterocycles. The maximum atomic E-state index is 12.9. The fourth-order valence-corrected chi connectivity index (χ4v) is 7.13. The third-order valence-corrected chi connectivity index (χ3v) is 10.5. The van der Waals surface area contributed by atoms with Crippen LogP contribution in [0.25, 0.3) is 11.4 Å². The first-order valence-electron chi connectivity index (χ1n) is 15.1. The summed E-state index contributed by atoms with van der Waals surface area (Å²) in [4.78, 5) is 25.7. The zero-order valence-corrected chi connectivity index (χ0v) is 25.6. The second-order valence-electron chi connectivity index (χ2n) is 11.9. The number of rotatable bonds is 8. The van der Waals surface area contributed by atoms with Gasteiger partial charge in [-0.3, -0.25) is 4.79 Å². The molecule has 1 amide bonds. The van der Waals surface area contributed by atoms with Crippen molar-refractivity contribution < 1.29 is 31.5 Å². The minimum absolute atomic E-state index is 0.00393. The first-order chi connectivity index (χ1) is 22.0. The zero-order chi connectivity index (χ0) is 32.5. The lowest BCUT2D eigenvalue weighted by atomic mass is 9.86. The third-order valence-electron chi connectivity index (χ3n) is 8.43. The van der Waals surface area contributed by atoms with Crippen LogP contribution in [0.4, 0.5) is 30.5 Å². The number of alkyl halides is 3. The molecular formula is C30H33F3N8O4S. The van der Waals surface area contributed by atoms with Gasteiger partial charge in [-0.05, 0) is 56.9 Å². The number of nitrogens with one attached hydrogen (secondary N) is 2. The maximum Gasteiger partial charge on any atom is 0.471 e. The molecule has 3 aromatic rings. The van der Waals surface area contributed by atoms with Gasteiger partial charge >= 0.3 is 12.1 Å². The number of aliphatic hydroxyl groups excluding tert-OH is 1. The van der Waals surface area contributed by atoms with Gasteiger partial charge in [-0.25, -0.2) is 23.4 Å². The largest absolute Gasteiger partial charge is 0.471 e. The summed E-state index contributed by atoms with van der Waals surface area (Å²) in [7, 11) is -3.53. The van der Waals surface area contributed by atoms with E-state index in [4.69, 9.17) is 0 Å². The van der Waals surface area contributed by atoms with Gasteiger partial charge < -0.3 is 20.6 Å². The second kappa shape index (κ2) is 12.9. The summed E-state index contributed by atoms with van der Waals surface area (Å²) in [6.07, 6.45) is 6.01. The molecule has 12 nitrogen and oxygen atoms in total. The van der Waals surface area contributed by atoms with Crippen molar-refractivity contribution in [1.29, 1.82) is 0 Å². The molecule has 0 aromatic carbocycles. The quantitative estimate of drug-likeness (QED) is 0.306. The first kappa shape index (κ1) is 31.7. The van der Waals surface area contributed by atoms with Gasteiger partial charge in [-0.15, -0.1) is 0 Å². The van der Waals surface area contributed by atoms with Gasteiger partial charge in [0.25, 0.3) is 10.0 Å². The fraction of sp³-hybridized carbons (Fsp3) is 0.500. The summed E-state index contributed by atoms with van der Waals surface area (Å²) in [5, 5.41) is 19.8. The van der Waals surface area contributed by atoms with Crippen LogP contribution in [0.15, 0.2) is 36.9 Å². The van der Waals surface area contributed by atoms with Gasteiger partial charge in [0.15, 0.2) is 5.82 Å². The standard InChI is InChI=1S/C30H33F3N8O4S/c31-30(32,33)29(43)40-12-10-19(16-40)1-4-21-14-35-27(13-25(21)37-23-5-2-20(18-42)3-6-23)38-26-9-11-34-28(39-26)22-15-36-41(17-22)46(44,45)24-7-8-24/h9,11,13-15,17,19-20,23-24,42H,2-3,5-8,10,12,16,18H2,(H2,34,35,37,38,39)/t19?,20-,23+. The molecule has 0 radical (unpaired) electrons. The summed E-state index contributed by atoms with van der Waals surface area (Å²) < 4.78 is 64.7. The van der Waals surface area contributed by atoms with Crippen LogP contribution >= 0.6 is 0 Å². The van der Waals surface area contributed by atoms with E-state index in [1.165, 1.54) is 18.6 Å². The molecule has 244 valence electrons. The lowest BCUT2D eigenvalue weighted by Gasteiger charge is -2.29. The van der Waals surface area contributed by atoms with Gasteiger partial charge in [0.2, 0.25) is 0 Å². The molecule has 1 saturated heterocycles. The van der Waals surface area contributed by atoms with E-state index in [1.807, 2.05) is 0 Å². The summed E-state index contributed by atoms with van der Waals surface area (Å²) >= 11 is 0. The molecule has 2 saturated carbocycles. The van der Waals surface area contributed by atoms with Crippen molar-refractivity contribution in [1.82, 2.24) is 29.0 Å². The Morgan fingerprint density at radius 2 is 1.85 bits per heavy atom. The predicted octanol–water partition coefficient (Wildman–Crippen LogP) is 3.54. The minimum Gasteiger partial charge on any atom is -0.396 e. The SMILES string of the molecule is O=C(N1CCC(C#Cc2cnc(Nc3ccnc(-c4cnn(S(=O)(=O)C5CC5)c4)n3)cc2N[C@H]2CC[C@@H](CO)CC2)C1)C(F)(F)F. The van der Waals surface area contributed by atoms with E-state index in [-0.39, 0.29) is 37.5 Å². The average Bonchev–Trinajstić information content (AvgIpc) is 3.60. The van der Waals surface area contributed by atoms with E-state index in [2.05, 4.69) is 42.5 Å². The van der Waals surface area contributed by atoms with Crippen molar-refractivity contribution in [3.8, 4) is 23.2 Å². The number of halogens is 3. The van der Waals surface area contributed by atoms with Crippen LogP contribution in [0.1, 0.15) is 50.5 Å². The molecule has 6 rings (SSSR count). The molecule has 2 aliphatic carbocycles. The third kappa shape index (κ3) is 7.26. The van der Waals surface area contributed by atoms with E-state index in [9.17, 15) is 31.5 Å². The molecule has 0 bridgehead atoms. The Bertz CT molecular complexity index is 1760. The highest BCUT2D eigenvalue weighted by Gasteiger charge is 2.44. The van der Waals surface area contributed by atoms with Crippen molar-refractivity contribution in [2.45, 2.75) is 62.4 Å². The van der Waals surface area contributed by atoms with Crippen LogP contribution in [0, 0.1) is 23.7 Å². The molecule has 46 heavy (non-hydrogen) atoms. The molecule has 1 atom stereocenters. The van der Waals surface area contributed by atoms with E-state index >= 15 is 0 Å². The number of aliphatic hydroxyl groups is 1. The topological polar surface area (TPSA) is 155 Å². The van der Waals surface area contributed by atoms with Crippen LogP contribution in [0.3, 0.4) is 0 Å².